The maximum Gasteiger partial charge on any atom is 0.573 e. The number of para-hydroxylation sites is 1. The molecule has 1 fully saturated rings. The third-order valence-corrected chi connectivity index (χ3v) is 5.30. The molecule has 3 amide bonds. The average molecular weight is 444 g/mol. The van der Waals surface area contributed by atoms with E-state index < -0.39 is 30.1 Å². The van der Waals surface area contributed by atoms with Crippen LogP contribution in [0.2, 0.25) is 0 Å². The van der Waals surface area contributed by atoms with Gasteiger partial charge in [0.05, 0.1) is 29.6 Å². The molecule has 0 saturated carbocycles. The minimum atomic E-state index is -4.83. The first-order chi connectivity index (χ1) is 15.2. The summed E-state index contributed by atoms with van der Waals surface area (Å²) in [6.07, 6.45) is -3.16. The van der Waals surface area contributed by atoms with Crippen molar-refractivity contribution in [1.82, 2.24) is 9.88 Å². The normalized spacial score (nSPS) is 16.7. The van der Waals surface area contributed by atoms with Crippen LogP contribution in [0.15, 0.2) is 54.7 Å². The van der Waals surface area contributed by atoms with Gasteiger partial charge in [0.15, 0.2) is 0 Å². The molecule has 2 aromatic carbocycles. The van der Waals surface area contributed by atoms with Crippen molar-refractivity contribution >= 4 is 34.2 Å². The summed E-state index contributed by atoms with van der Waals surface area (Å²) < 4.78 is 41.0. The number of urea groups is 1. The molecule has 1 unspecified atom stereocenters. The molecule has 7 nitrogen and oxygen atoms in total. The smallest absolute Gasteiger partial charge is 0.406 e. The number of carbonyl (C=O) groups is 2. The molecule has 1 saturated heterocycles. The van der Waals surface area contributed by atoms with E-state index in [0.29, 0.717) is 0 Å². The summed E-state index contributed by atoms with van der Waals surface area (Å²) >= 11 is 0. The second-order valence-electron chi connectivity index (χ2n) is 7.22. The third kappa shape index (κ3) is 3.91. The largest absolute Gasteiger partial charge is 0.573 e. The van der Waals surface area contributed by atoms with Crippen LogP contribution in [0.5, 0.6) is 5.75 Å². The van der Waals surface area contributed by atoms with Crippen LogP contribution >= 0.6 is 0 Å². The van der Waals surface area contributed by atoms with E-state index in [1.165, 1.54) is 17.0 Å². The van der Waals surface area contributed by atoms with Gasteiger partial charge in [0.25, 0.3) is 5.91 Å². The van der Waals surface area contributed by atoms with Crippen molar-refractivity contribution < 1.29 is 27.5 Å². The van der Waals surface area contributed by atoms with Crippen molar-refractivity contribution in [1.29, 1.82) is 0 Å². The number of ether oxygens (including phenoxy) is 1. The lowest BCUT2D eigenvalue weighted by Crippen LogP contribution is -2.33. The molecule has 0 spiro atoms. The number of hydrogen-bond donors (Lipinski definition) is 1. The van der Waals surface area contributed by atoms with E-state index in [4.69, 9.17) is 0 Å². The molecule has 1 atom stereocenters. The zero-order valence-corrected chi connectivity index (χ0v) is 17.2. The van der Waals surface area contributed by atoms with Crippen LogP contribution in [-0.2, 0) is 11.3 Å². The van der Waals surface area contributed by atoms with Crippen LogP contribution in [0.25, 0.3) is 10.9 Å². The molecular weight excluding hydrogens is 425 g/mol. The Morgan fingerprint density at radius 1 is 1.09 bits per heavy atom. The van der Waals surface area contributed by atoms with Crippen LogP contribution in [0.4, 0.5) is 29.3 Å². The molecule has 0 radical (unpaired) electrons. The van der Waals surface area contributed by atoms with Crippen molar-refractivity contribution in [2.24, 2.45) is 0 Å². The number of nitrogens with zero attached hydrogens (tertiary/aromatic N) is 3. The van der Waals surface area contributed by atoms with Crippen LogP contribution in [0.3, 0.4) is 0 Å². The predicted molar refractivity (Wildman–Crippen MR) is 112 cm³/mol. The van der Waals surface area contributed by atoms with Crippen LogP contribution in [0.1, 0.15) is 12.5 Å². The fourth-order valence-electron chi connectivity index (χ4n) is 3.70. The highest BCUT2D eigenvalue weighted by atomic mass is 19.4. The number of fused-ring (bicyclic) bond motifs is 1. The first kappa shape index (κ1) is 21.4. The Morgan fingerprint density at radius 3 is 2.44 bits per heavy atom. The molecular formula is C22H19F3N4O3. The number of rotatable bonds is 5. The monoisotopic (exact) mass is 444 g/mol. The van der Waals surface area contributed by atoms with Gasteiger partial charge >= 0.3 is 12.4 Å². The van der Waals surface area contributed by atoms with Gasteiger partial charge < -0.3 is 15.0 Å². The minimum absolute atomic E-state index is 0.150. The van der Waals surface area contributed by atoms with E-state index in [2.05, 4.69) is 15.0 Å². The number of hydrogen-bond acceptors (Lipinski definition) is 5. The van der Waals surface area contributed by atoms with E-state index in [1.807, 2.05) is 24.3 Å². The summed E-state index contributed by atoms with van der Waals surface area (Å²) in [5.74, 6) is -0.906. The first-order valence-electron chi connectivity index (χ1n) is 9.74. The fourth-order valence-corrected chi connectivity index (χ4v) is 3.70. The Hall–Kier alpha value is -3.82. The highest BCUT2D eigenvalue weighted by molar-refractivity contribution is 6.21. The number of nitrogens with one attached hydrogen (secondary N) is 1. The van der Waals surface area contributed by atoms with Gasteiger partial charge in [0.1, 0.15) is 11.8 Å². The van der Waals surface area contributed by atoms with Gasteiger partial charge in [0, 0.05) is 18.0 Å². The summed E-state index contributed by atoms with van der Waals surface area (Å²) in [6, 6.07) is 10.8. The number of pyridine rings is 1. The third-order valence-electron chi connectivity index (χ3n) is 5.30. The maximum absolute atomic E-state index is 13.2. The first-order valence-corrected chi connectivity index (χ1v) is 9.74. The highest BCUT2D eigenvalue weighted by Crippen LogP contribution is 2.32. The summed E-state index contributed by atoms with van der Waals surface area (Å²) in [7, 11) is 1.74. The van der Waals surface area contributed by atoms with Crippen molar-refractivity contribution in [2.45, 2.75) is 25.9 Å². The molecule has 1 N–H and O–H groups in total. The molecule has 0 aliphatic carbocycles. The lowest BCUT2D eigenvalue weighted by molar-refractivity contribution is -0.274. The lowest BCUT2D eigenvalue weighted by atomic mass is 10.1. The number of carbonyl (C=O) groups excluding carboxylic acids is 2. The fraction of sp³-hybridized carbons (Fsp3) is 0.227. The van der Waals surface area contributed by atoms with E-state index in [1.54, 1.807) is 20.2 Å². The molecule has 166 valence electrons. The zero-order valence-electron chi connectivity index (χ0n) is 17.2. The quantitative estimate of drug-likeness (QED) is 0.586. The number of anilines is 2. The number of aromatic nitrogens is 1. The standard InChI is InChI=1S/C22H19F3N4O3/c1-13-20(30)29(14-7-9-15(10-8-14)32-22(23,24)25)21(31)28(13)12-17-16-5-3-4-6-18(16)27-11-19(17)26-2/h3-11,13,26H,12H2,1-2H3. The molecule has 4 rings (SSSR count). The summed E-state index contributed by atoms with van der Waals surface area (Å²) in [5, 5.41) is 3.91. The number of benzene rings is 2. The predicted octanol–water partition coefficient (Wildman–Crippen LogP) is 4.53. The van der Waals surface area contributed by atoms with Gasteiger partial charge in [-0.1, -0.05) is 18.2 Å². The van der Waals surface area contributed by atoms with Crippen molar-refractivity contribution in [2.75, 3.05) is 17.3 Å². The van der Waals surface area contributed by atoms with Crippen molar-refractivity contribution in [3.05, 3.63) is 60.3 Å². The number of halogens is 3. The molecule has 10 heteroatoms. The van der Waals surface area contributed by atoms with Crippen LogP contribution in [0, 0.1) is 0 Å². The highest BCUT2D eigenvalue weighted by Gasteiger charge is 2.43. The Kier molecular flexibility index (Phi) is 5.37. The van der Waals surface area contributed by atoms with E-state index >= 15 is 0 Å². The number of amides is 3. The van der Waals surface area contributed by atoms with Gasteiger partial charge in [-0.2, -0.15) is 0 Å². The summed E-state index contributed by atoms with van der Waals surface area (Å²) in [5.41, 5.74) is 2.45. The van der Waals surface area contributed by atoms with Gasteiger partial charge in [-0.3, -0.25) is 9.78 Å². The summed E-state index contributed by atoms with van der Waals surface area (Å²) in [4.78, 5) is 32.8. The van der Waals surface area contributed by atoms with Gasteiger partial charge in [-0.05, 0) is 37.3 Å². The van der Waals surface area contributed by atoms with E-state index in [9.17, 15) is 22.8 Å². The van der Waals surface area contributed by atoms with Gasteiger partial charge in [-0.25, -0.2) is 9.69 Å². The van der Waals surface area contributed by atoms with E-state index in [0.717, 1.165) is 39.2 Å². The molecule has 0 bridgehead atoms. The molecule has 32 heavy (non-hydrogen) atoms. The Balaban J connectivity index is 1.64. The van der Waals surface area contributed by atoms with E-state index in [-0.39, 0.29) is 12.2 Å². The molecule has 2 heterocycles. The Morgan fingerprint density at radius 2 is 1.78 bits per heavy atom. The molecule has 1 aliphatic rings. The molecule has 3 aromatic rings. The maximum atomic E-state index is 13.2. The second-order valence-corrected chi connectivity index (χ2v) is 7.22. The van der Waals surface area contributed by atoms with Gasteiger partial charge in [-0.15, -0.1) is 13.2 Å². The molecule has 1 aliphatic heterocycles. The molecule has 1 aromatic heterocycles. The van der Waals surface area contributed by atoms with Crippen LogP contribution < -0.4 is 15.0 Å². The SMILES string of the molecule is CNc1cnc2ccccc2c1CN1C(=O)N(c2ccc(OC(F)(F)F)cc2)C(=O)C1C. The van der Waals surface area contributed by atoms with Crippen molar-refractivity contribution in [3.8, 4) is 5.75 Å². The summed E-state index contributed by atoms with van der Waals surface area (Å²) in [6.45, 7) is 1.76. The minimum Gasteiger partial charge on any atom is -0.406 e. The topological polar surface area (TPSA) is 74.8 Å². The second kappa shape index (κ2) is 8.03. The zero-order chi connectivity index (χ0) is 23.0. The Labute approximate surface area is 181 Å². The average Bonchev–Trinajstić information content (AvgIpc) is 2.96. The van der Waals surface area contributed by atoms with Crippen molar-refractivity contribution in [3.63, 3.8) is 0 Å². The lowest BCUT2D eigenvalue weighted by Gasteiger charge is -2.22. The van der Waals surface area contributed by atoms with Gasteiger partial charge in [0.2, 0.25) is 0 Å². The Bertz CT molecular complexity index is 1180. The number of imide groups is 1. The number of alkyl halides is 3. The van der Waals surface area contributed by atoms with Crippen LogP contribution in [-0.4, -0.2) is 41.3 Å².